The largest absolute Gasteiger partial charge is 0.341 e. The number of hydrogen-bond acceptors (Lipinski definition) is 4. The van der Waals surface area contributed by atoms with Gasteiger partial charge in [0.25, 0.3) is 5.91 Å². The number of urea groups is 1. The lowest BCUT2D eigenvalue weighted by molar-refractivity contribution is -0.125. The first-order valence-corrected chi connectivity index (χ1v) is 7.74. The number of hydrogen-bond donors (Lipinski definition) is 2. The van der Waals surface area contributed by atoms with E-state index in [9.17, 15) is 18.8 Å². The predicted octanol–water partition coefficient (Wildman–Crippen LogP) is 0.428. The number of carbonyl (C=O) groups is 3. The fourth-order valence-electron chi connectivity index (χ4n) is 2.56. The van der Waals surface area contributed by atoms with Crippen LogP contribution in [0.1, 0.15) is 17.3 Å². The van der Waals surface area contributed by atoms with E-state index in [2.05, 4.69) is 10.6 Å². The molecule has 4 amide bonds. The molecule has 2 N–H and O–H groups in total. The minimum atomic E-state index is -0.555. The van der Waals surface area contributed by atoms with Crippen LogP contribution < -0.4 is 10.6 Å². The number of carbonyl (C=O) groups excluding carboxylic acids is 3. The van der Waals surface area contributed by atoms with Crippen LogP contribution in [0.15, 0.2) is 24.3 Å². The van der Waals surface area contributed by atoms with Crippen LogP contribution in [0.25, 0.3) is 0 Å². The van der Waals surface area contributed by atoms with Crippen molar-refractivity contribution in [1.29, 1.82) is 0 Å². The maximum Gasteiger partial charge on any atom is 0.321 e. The molecule has 0 saturated carbocycles. The van der Waals surface area contributed by atoms with Crippen LogP contribution in [0.2, 0.25) is 0 Å². The molecule has 0 spiro atoms. The van der Waals surface area contributed by atoms with Gasteiger partial charge in [-0.15, -0.1) is 0 Å². The fraction of sp³-hybridized carbons (Fsp3) is 0.438. The van der Waals surface area contributed by atoms with Crippen LogP contribution in [0.4, 0.5) is 9.18 Å². The van der Waals surface area contributed by atoms with Gasteiger partial charge in [-0.2, -0.15) is 0 Å². The minimum absolute atomic E-state index is 0.0522. The first kappa shape index (κ1) is 17.9. The molecule has 7 nitrogen and oxygen atoms in total. The summed E-state index contributed by atoms with van der Waals surface area (Å²) in [5, 5.41) is 4.55. The van der Waals surface area contributed by atoms with E-state index in [1.165, 1.54) is 25.2 Å². The predicted molar refractivity (Wildman–Crippen MR) is 85.9 cm³/mol. The molecule has 1 atom stereocenters. The smallest absolute Gasteiger partial charge is 0.321 e. The molecule has 1 aliphatic rings. The van der Waals surface area contributed by atoms with E-state index in [1.807, 2.05) is 4.90 Å². The van der Waals surface area contributed by atoms with Gasteiger partial charge >= 0.3 is 6.03 Å². The van der Waals surface area contributed by atoms with E-state index < -0.39 is 23.8 Å². The quantitative estimate of drug-likeness (QED) is 0.839. The van der Waals surface area contributed by atoms with Gasteiger partial charge in [0.1, 0.15) is 5.82 Å². The van der Waals surface area contributed by atoms with E-state index in [0.29, 0.717) is 26.2 Å². The van der Waals surface area contributed by atoms with Crippen molar-refractivity contribution in [2.45, 2.75) is 13.0 Å². The van der Waals surface area contributed by atoms with Crippen LogP contribution in [0.5, 0.6) is 0 Å². The van der Waals surface area contributed by atoms with Crippen molar-refractivity contribution in [3.63, 3.8) is 0 Å². The molecule has 1 aliphatic heterocycles. The third-order valence-electron chi connectivity index (χ3n) is 4.10. The Bertz CT molecular complexity index is 630. The summed E-state index contributed by atoms with van der Waals surface area (Å²) < 4.78 is 13.7. The SMILES string of the molecule is CNC(=O)NC(=O)[C@@H](C)N1CCN(C(=O)c2ccccc2F)CC1. The van der Waals surface area contributed by atoms with Crippen molar-refractivity contribution in [2.24, 2.45) is 0 Å². The molecule has 1 aromatic carbocycles. The molecule has 1 saturated heterocycles. The van der Waals surface area contributed by atoms with Crippen molar-refractivity contribution in [2.75, 3.05) is 33.2 Å². The van der Waals surface area contributed by atoms with Gasteiger partial charge < -0.3 is 10.2 Å². The third kappa shape index (κ3) is 4.08. The second-order valence-corrected chi connectivity index (χ2v) is 5.55. The zero-order valence-corrected chi connectivity index (χ0v) is 13.7. The lowest BCUT2D eigenvalue weighted by Gasteiger charge is -2.37. The molecule has 130 valence electrons. The van der Waals surface area contributed by atoms with Gasteiger partial charge in [0, 0.05) is 33.2 Å². The number of nitrogens with one attached hydrogen (secondary N) is 2. The zero-order chi connectivity index (χ0) is 17.7. The molecule has 8 heteroatoms. The van der Waals surface area contributed by atoms with Crippen molar-refractivity contribution in [3.05, 3.63) is 35.6 Å². The highest BCUT2D eigenvalue weighted by Crippen LogP contribution is 2.13. The van der Waals surface area contributed by atoms with Gasteiger partial charge in [0.2, 0.25) is 5.91 Å². The summed E-state index contributed by atoms with van der Waals surface area (Å²) in [7, 11) is 1.43. The number of halogens is 1. The van der Waals surface area contributed by atoms with Gasteiger partial charge in [0.15, 0.2) is 0 Å². The van der Waals surface area contributed by atoms with Crippen LogP contribution in [-0.2, 0) is 4.79 Å². The highest BCUT2D eigenvalue weighted by atomic mass is 19.1. The van der Waals surface area contributed by atoms with E-state index in [-0.39, 0.29) is 11.5 Å². The van der Waals surface area contributed by atoms with Gasteiger partial charge in [-0.3, -0.25) is 19.8 Å². The maximum atomic E-state index is 13.7. The topological polar surface area (TPSA) is 81.8 Å². The molecule has 2 rings (SSSR count). The van der Waals surface area contributed by atoms with E-state index in [1.54, 1.807) is 17.9 Å². The van der Waals surface area contributed by atoms with Crippen LogP contribution >= 0.6 is 0 Å². The number of rotatable bonds is 3. The third-order valence-corrected chi connectivity index (χ3v) is 4.10. The Hall–Kier alpha value is -2.48. The maximum absolute atomic E-state index is 13.7. The Labute approximate surface area is 139 Å². The first-order chi connectivity index (χ1) is 11.4. The highest BCUT2D eigenvalue weighted by molar-refractivity contribution is 5.97. The Morgan fingerprint density at radius 1 is 1.12 bits per heavy atom. The second kappa shape index (κ2) is 7.87. The molecule has 1 fully saturated rings. The standard InChI is InChI=1S/C16H21FN4O3/c1-11(14(22)19-16(24)18-2)20-7-9-21(10-8-20)15(23)12-5-3-4-6-13(12)17/h3-6,11H,7-10H2,1-2H3,(H2,18,19,22,24)/t11-/m1/s1. The summed E-state index contributed by atoms with van der Waals surface area (Å²) in [5.41, 5.74) is 0.0522. The number of amides is 4. The lowest BCUT2D eigenvalue weighted by atomic mass is 10.1. The summed E-state index contributed by atoms with van der Waals surface area (Å²) in [4.78, 5) is 38.9. The Morgan fingerprint density at radius 3 is 2.33 bits per heavy atom. The Morgan fingerprint density at radius 2 is 1.75 bits per heavy atom. The van der Waals surface area contributed by atoms with Crippen molar-refractivity contribution in [3.8, 4) is 0 Å². The highest BCUT2D eigenvalue weighted by Gasteiger charge is 2.29. The number of nitrogens with zero attached hydrogens (tertiary/aromatic N) is 2. The van der Waals surface area contributed by atoms with E-state index >= 15 is 0 Å². The van der Waals surface area contributed by atoms with Gasteiger partial charge in [-0.1, -0.05) is 12.1 Å². The average molecular weight is 336 g/mol. The van der Waals surface area contributed by atoms with E-state index in [4.69, 9.17) is 0 Å². The van der Waals surface area contributed by atoms with Crippen molar-refractivity contribution < 1.29 is 18.8 Å². The minimum Gasteiger partial charge on any atom is -0.341 e. The number of piperazine rings is 1. The van der Waals surface area contributed by atoms with Gasteiger partial charge in [-0.05, 0) is 19.1 Å². The molecule has 24 heavy (non-hydrogen) atoms. The van der Waals surface area contributed by atoms with Crippen molar-refractivity contribution >= 4 is 17.8 Å². The van der Waals surface area contributed by atoms with Crippen LogP contribution in [-0.4, -0.2) is 66.9 Å². The second-order valence-electron chi connectivity index (χ2n) is 5.55. The molecule has 0 bridgehead atoms. The number of benzene rings is 1. The molecule has 0 aliphatic carbocycles. The number of imide groups is 1. The van der Waals surface area contributed by atoms with Crippen LogP contribution in [0, 0.1) is 5.82 Å². The fourth-order valence-corrected chi connectivity index (χ4v) is 2.56. The molecule has 1 aromatic rings. The summed E-state index contributed by atoms with van der Waals surface area (Å²) >= 11 is 0. The van der Waals surface area contributed by atoms with Gasteiger partial charge in [-0.25, -0.2) is 9.18 Å². The zero-order valence-electron chi connectivity index (χ0n) is 13.7. The summed E-state index contributed by atoms with van der Waals surface area (Å²) in [6.45, 7) is 3.44. The summed E-state index contributed by atoms with van der Waals surface area (Å²) in [6.07, 6.45) is 0. The normalized spacial score (nSPS) is 16.4. The Kier molecular flexibility index (Phi) is 5.86. The molecule has 0 aromatic heterocycles. The molecule has 0 radical (unpaired) electrons. The summed E-state index contributed by atoms with van der Waals surface area (Å²) in [6, 6.07) is 4.83. The summed E-state index contributed by atoms with van der Waals surface area (Å²) in [5.74, 6) is -1.29. The Balaban J connectivity index is 1.91. The lowest BCUT2D eigenvalue weighted by Crippen LogP contribution is -2.56. The molecule has 0 unspecified atom stereocenters. The first-order valence-electron chi connectivity index (χ1n) is 7.74. The van der Waals surface area contributed by atoms with Gasteiger partial charge in [0.05, 0.1) is 11.6 Å². The molecule has 1 heterocycles. The molecular weight excluding hydrogens is 315 g/mol. The molecular formula is C16H21FN4O3. The van der Waals surface area contributed by atoms with E-state index in [0.717, 1.165) is 0 Å². The van der Waals surface area contributed by atoms with Crippen molar-refractivity contribution in [1.82, 2.24) is 20.4 Å². The monoisotopic (exact) mass is 336 g/mol. The van der Waals surface area contributed by atoms with Crippen LogP contribution in [0.3, 0.4) is 0 Å². The average Bonchev–Trinajstić information content (AvgIpc) is 2.60.